The third-order valence-corrected chi connectivity index (χ3v) is 17.4. The summed E-state index contributed by atoms with van der Waals surface area (Å²) in [5, 5.41) is 33.7. The van der Waals surface area contributed by atoms with Gasteiger partial charge in [0.15, 0.2) is 0 Å². The summed E-state index contributed by atoms with van der Waals surface area (Å²) >= 11 is 0. The summed E-state index contributed by atoms with van der Waals surface area (Å²) in [7, 11) is 3.35. The van der Waals surface area contributed by atoms with Gasteiger partial charge in [-0.15, -0.1) is 0 Å². The molecule has 2 heterocycles. The Hall–Kier alpha value is -6.99. The molecule has 83 heavy (non-hydrogen) atoms. The lowest BCUT2D eigenvalue weighted by molar-refractivity contribution is -0.147. The van der Waals surface area contributed by atoms with Crippen molar-refractivity contribution in [1.82, 2.24) is 47.0 Å². The fourth-order valence-electron chi connectivity index (χ4n) is 12.2. The van der Waals surface area contributed by atoms with Crippen LogP contribution in [-0.4, -0.2) is 125 Å². The van der Waals surface area contributed by atoms with E-state index in [0.29, 0.717) is 11.3 Å². The van der Waals surface area contributed by atoms with Gasteiger partial charge in [-0.1, -0.05) is 108 Å². The number of benzene rings is 4. The lowest BCUT2D eigenvalue weighted by Gasteiger charge is -2.42. The second-order valence-corrected chi connectivity index (χ2v) is 25.4. The SMILES string of the molecule is CNC(C)C(=O)NC(C(=O)N1Cc2cc(N(Cc3ccc(C(=O)NC4CC(C(O)NC5CCCc6ccccc65)N(C(=O)C(NC(=O)C(C)NC)C(C)(C)C)C4)cc3)C(C)=O)ccc2CC1C(=O)NC1CCCc2ccccc21)C(C)(C)C. The maximum Gasteiger partial charge on any atom is 0.251 e. The minimum atomic E-state index is -1.15. The van der Waals surface area contributed by atoms with Crippen molar-refractivity contribution in [2.24, 2.45) is 10.8 Å². The van der Waals surface area contributed by atoms with Gasteiger partial charge in [0.2, 0.25) is 35.4 Å². The first-order chi connectivity index (χ1) is 39.4. The first-order valence-electron chi connectivity index (χ1n) is 29.6. The van der Waals surface area contributed by atoms with Gasteiger partial charge in [-0.05, 0) is 147 Å². The van der Waals surface area contributed by atoms with Crippen molar-refractivity contribution in [3.8, 4) is 0 Å². The molecule has 7 amide bonds. The number of likely N-dealkylation sites (N-methyl/N-ethyl adjacent to an activating group) is 2. The Morgan fingerprint density at radius 3 is 1.76 bits per heavy atom. The molecule has 18 heteroatoms. The van der Waals surface area contributed by atoms with Gasteiger partial charge in [0.05, 0.1) is 30.7 Å². The second-order valence-electron chi connectivity index (χ2n) is 25.4. The highest BCUT2D eigenvalue weighted by Crippen LogP contribution is 2.36. The van der Waals surface area contributed by atoms with E-state index >= 15 is 4.79 Å². The first kappa shape index (κ1) is 62.1. The maximum absolute atomic E-state index is 15.0. The van der Waals surface area contributed by atoms with Gasteiger partial charge in [-0.2, -0.15) is 0 Å². The summed E-state index contributed by atoms with van der Waals surface area (Å²) in [5.74, 6) is -2.30. The normalized spacial score (nSPS) is 21.4. The average Bonchev–Trinajstić information content (AvgIpc) is 3.31. The van der Waals surface area contributed by atoms with Gasteiger partial charge in [-0.25, -0.2) is 0 Å². The highest BCUT2D eigenvalue weighted by molar-refractivity contribution is 5.96. The molecule has 0 radical (unpaired) electrons. The number of likely N-dealkylation sites (tertiary alicyclic amines) is 1. The van der Waals surface area contributed by atoms with Crippen molar-refractivity contribution < 1.29 is 38.7 Å². The van der Waals surface area contributed by atoms with E-state index in [4.69, 9.17) is 0 Å². The van der Waals surface area contributed by atoms with E-state index in [1.54, 1.807) is 66.9 Å². The van der Waals surface area contributed by atoms with E-state index in [2.05, 4.69) is 61.5 Å². The monoisotopic (exact) mass is 1140 g/mol. The van der Waals surface area contributed by atoms with Gasteiger partial charge in [-0.3, -0.25) is 38.9 Å². The smallest absolute Gasteiger partial charge is 0.251 e. The summed E-state index contributed by atoms with van der Waals surface area (Å²) in [6, 6.07) is 23.4. The van der Waals surface area contributed by atoms with E-state index in [1.165, 1.54) is 18.1 Å². The minimum absolute atomic E-state index is 0.0583. The molecule has 18 nitrogen and oxygen atoms in total. The molecule has 1 fully saturated rings. The fraction of sp³-hybridized carbons (Fsp3) is 0.523. The number of carbonyl (C=O) groups excluding carboxylic acids is 7. The van der Waals surface area contributed by atoms with E-state index in [-0.39, 0.29) is 85.9 Å². The number of aliphatic hydroxyl groups excluding tert-OH is 1. The van der Waals surface area contributed by atoms with Gasteiger partial charge < -0.3 is 51.7 Å². The molecule has 10 atom stereocenters. The van der Waals surface area contributed by atoms with Crippen LogP contribution in [0.15, 0.2) is 91.0 Å². The van der Waals surface area contributed by atoms with Crippen LogP contribution in [-0.2, 0) is 61.1 Å². The van der Waals surface area contributed by atoms with Crippen LogP contribution in [0.5, 0.6) is 0 Å². The Bertz CT molecular complexity index is 3030. The van der Waals surface area contributed by atoms with Crippen LogP contribution >= 0.6 is 0 Å². The number of anilines is 1. The molecule has 2 aliphatic carbocycles. The summed E-state index contributed by atoms with van der Waals surface area (Å²) in [4.78, 5) is 104. The molecule has 446 valence electrons. The van der Waals surface area contributed by atoms with Crippen LogP contribution in [0.3, 0.4) is 0 Å². The molecule has 4 aliphatic rings. The van der Waals surface area contributed by atoms with E-state index in [9.17, 15) is 33.9 Å². The lowest BCUT2D eigenvalue weighted by atomic mass is 9.83. The Balaban J connectivity index is 0.998. The molecule has 0 bridgehead atoms. The number of aliphatic hydroxyl groups is 1. The number of hydrogen-bond acceptors (Lipinski definition) is 11. The minimum Gasteiger partial charge on any atom is -0.376 e. The standard InChI is InChI=1S/C65H88N10O8/c1-38(66-10)57(77)71-55(64(4,5)6)62(82)74-36-46-32-48(31-30-45(46)33-53(74)60(80)69-51-24-16-20-42-18-12-14-22-49(42)51)73(40(3)76)35-41-26-28-44(29-27-41)59(79)68-47-34-54(61(81)70-52-25-17-21-43-19-13-15-23-50(43)52)75(37-47)63(83)56(65(7,8)9)72-58(78)39(2)67-11/h12-15,18-19,22-23,26-32,38-39,47,51-56,61,66-67,70,81H,16-17,20-21,24-25,33-37H2,1-11H3,(H,68,79)(H,69,80)(H,71,77)(H,72,78). The molecule has 0 saturated carbocycles. The van der Waals surface area contributed by atoms with Crippen LogP contribution < -0.4 is 42.1 Å². The van der Waals surface area contributed by atoms with E-state index < -0.39 is 59.4 Å². The van der Waals surface area contributed by atoms with Gasteiger partial charge in [0, 0.05) is 49.8 Å². The summed E-state index contributed by atoms with van der Waals surface area (Å²) < 4.78 is 0. The molecule has 1 saturated heterocycles. The number of fused-ring (bicyclic) bond motifs is 3. The van der Waals surface area contributed by atoms with E-state index in [0.717, 1.165) is 66.3 Å². The number of amides is 7. The summed E-state index contributed by atoms with van der Waals surface area (Å²) in [6.07, 6.45) is 4.64. The molecule has 8 rings (SSSR count). The van der Waals surface area contributed by atoms with Crippen LogP contribution in [0.4, 0.5) is 5.69 Å². The van der Waals surface area contributed by atoms with Crippen LogP contribution in [0.2, 0.25) is 0 Å². The predicted molar refractivity (Wildman–Crippen MR) is 321 cm³/mol. The number of aryl methyl sites for hydroxylation is 2. The number of carbonyl (C=O) groups is 7. The molecule has 4 aromatic rings. The fourth-order valence-corrected chi connectivity index (χ4v) is 12.2. The van der Waals surface area contributed by atoms with Gasteiger partial charge in [0.25, 0.3) is 5.91 Å². The average molecular weight is 1140 g/mol. The molecule has 2 aliphatic heterocycles. The molecular weight excluding hydrogens is 1050 g/mol. The third-order valence-electron chi connectivity index (χ3n) is 17.4. The van der Waals surface area contributed by atoms with Crippen LogP contribution in [0.25, 0.3) is 0 Å². The highest BCUT2D eigenvalue weighted by Gasteiger charge is 2.47. The Kier molecular flexibility index (Phi) is 19.7. The Morgan fingerprint density at radius 2 is 1.20 bits per heavy atom. The zero-order chi connectivity index (χ0) is 60.1. The largest absolute Gasteiger partial charge is 0.376 e. The molecule has 10 unspecified atom stereocenters. The van der Waals surface area contributed by atoms with Gasteiger partial charge in [0.1, 0.15) is 24.4 Å². The lowest BCUT2D eigenvalue weighted by Crippen LogP contribution is -2.62. The zero-order valence-electron chi connectivity index (χ0n) is 50.4. The number of rotatable bonds is 18. The van der Waals surface area contributed by atoms with Crippen molar-refractivity contribution in [1.29, 1.82) is 0 Å². The molecule has 0 aromatic heterocycles. The quantitative estimate of drug-likeness (QED) is 0.0568. The molecular formula is C65H88N10O8. The van der Waals surface area contributed by atoms with Crippen molar-refractivity contribution in [3.05, 3.63) is 136 Å². The summed E-state index contributed by atoms with van der Waals surface area (Å²) in [6.45, 7) is 16.6. The second kappa shape index (κ2) is 26.3. The van der Waals surface area contributed by atoms with Crippen molar-refractivity contribution >= 4 is 47.0 Å². The first-order valence-corrected chi connectivity index (χ1v) is 29.6. The van der Waals surface area contributed by atoms with Crippen molar-refractivity contribution in [2.75, 3.05) is 25.5 Å². The molecule has 8 N–H and O–H groups in total. The number of nitrogens with one attached hydrogen (secondary N) is 7. The Labute approximate surface area is 490 Å². The molecule has 4 aromatic carbocycles. The van der Waals surface area contributed by atoms with Crippen LogP contribution in [0, 0.1) is 10.8 Å². The van der Waals surface area contributed by atoms with Crippen molar-refractivity contribution in [3.63, 3.8) is 0 Å². The topological polar surface area (TPSA) is 234 Å². The summed E-state index contributed by atoms with van der Waals surface area (Å²) in [5.41, 5.74) is 6.51. The van der Waals surface area contributed by atoms with Crippen molar-refractivity contribution in [2.45, 2.75) is 187 Å². The Morgan fingerprint density at radius 1 is 0.663 bits per heavy atom. The zero-order valence-corrected chi connectivity index (χ0v) is 50.4. The number of hydrogen-bond donors (Lipinski definition) is 8. The van der Waals surface area contributed by atoms with Crippen LogP contribution in [0.1, 0.15) is 156 Å². The van der Waals surface area contributed by atoms with Gasteiger partial charge >= 0.3 is 0 Å². The van der Waals surface area contributed by atoms with E-state index in [1.807, 2.05) is 84.0 Å². The number of nitrogens with zero attached hydrogens (tertiary/aromatic N) is 3. The highest BCUT2D eigenvalue weighted by atomic mass is 16.3. The maximum atomic E-state index is 15.0. The molecule has 0 spiro atoms. The third kappa shape index (κ3) is 14.5. The predicted octanol–water partition coefficient (Wildman–Crippen LogP) is 5.65.